The number of carbonyl (C=O) groups is 1. The van der Waals surface area contributed by atoms with E-state index in [0.717, 1.165) is 11.1 Å². The van der Waals surface area contributed by atoms with Crippen molar-refractivity contribution in [1.82, 2.24) is 0 Å². The molecule has 29 heavy (non-hydrogen) atoms. The third kappa shape index (κ3) is 5.93. The van der Waals surface area contributed by atoms with Gasteiger partial charge < -0.3 is 14.8 Å². The van der Waals surface area contributed by atoms with E-state index < -0.39 is 0 Å². The Morgan fingerprint density at radius 2 is 1.83 bits per heavy atom. The Balaban J connectivity index is 1.69. The molecule has 0 heterocycles. The molecule has 1 amide bonds. The molecule has 0 bridgehead atoms. The molecular weight excluding hydrogens is 437 g/mol. The summed E-state index contributed by atoms with van der Waals surface area (Å²) in [6, 6.07) is 19.0. The Hall–Kier alpha value is -3.12. The highest BCUT2D eigenvalue weighted by atomic mass is 79.9. The lowest BCUT2D eigenvalue weighted by Gasteiger charge is -2.13. The van der Waals surface area contributed by atoms with Gasteiger partial charge in [0.05, 0.1) is 11.6 Å². The first-order valence-corrected chi connectivity index (χ1v) is 9.63. The van der Waals surface area contributed by atoms with Gasteiger partial charge >= 0.3 is 0 Å². The number of rotatable bonds is 7. The van der Waals surface area contributed by atoms with Crippen LogP contribution in [-0.4, -0.2) is 13.0 Å². The van der Waals surface area contributed by atoms with E-state index in [1.165, 1.54) is 30.3 Å². The molecule has 0 unspecified atom stereocenters. The molecule has 0 fully saturated rings. The van der Waals surface area contributed by atoms with E-state index >= 15 is 0 Å². The molecule has 0 radical (unpaired) electrons. The maximum Gasteiger partial charge on any atom is 0.248 e. The standard InChI is InChI=1S/C23H19BrFNO3/c1-28-21-14-17(7-12-22(27)26-19-10-8-18(25)9-11-19)13-20(24)23(21)29-15-16-5-3-2-4-6-16/h2-14H,15H2,1H3,(H,26,27)/b12-7+. The summed E-state index contributed by atoms with van der Waals surface area (Å²) in [6.07, 6.45) is 3.06. The Kier molecular flexibility index (Phi) is 7.03. The quantitative estimate of drug-likeness (QED) is 0.456. The summed E-state index contributed by atoms with van der Waals surface area (Å²) in [4.78, 5) is 12.1. The number of amides is 1. The van der Waals surface area contributed by atoms with Gasteiger partial charge in [-0.25, -0.2) is 4.39 Å². The van der Waals surface area contributed by atoms with Gasteiger partial charge in [-0.15, -0.1) is 0 Å². The third-order valence-corrected chi connectivity index (χ3v) is 4.61. The van der Waals surface area contributed by atoms with Crippen LogP contribution in [0.2, 0.25) is 0 Å². The predicted molar refractivity (Wildman–Crippen MR) is 116 cm³/mol. The number of anilines is 1. The topological polar surface area (TPSA) is 47.6 Å². The van der Waals surface area contributed by atoms with E-state index in [0.29, 0.717) is 28.3 Å². The van der Waals surface area contributed by atoms with Crippen LogP contribution in [0.5, 0.6) is 11.5 Å². The first-order chi connectivity index (χ1) is 14.0. The second-order valence-corrected chi connectivity index (χ2v) is 6.99. The number of methoxy groups -OCH3 is 1. The minimum atomic E-state index is -0.356. The monoisotopic (exact) mass is 455 g/mol. The maximum atomic E-state index is 12.9. The van der Waals surface area contributed by atoms with Gasteiger partial charge in [0.25, 0.3) is 0 Å². The van der Waals surface area contributed by atoms with Gasteiger partial charge in [0, 0.05) is 11.8 Å². The molecule has 0 aliphatic rings. The van der Waals surface area contributed by atoms with Crippen molar-refractivity contribution in [2.45, 2.75) is 6.61 Å². The van der Waals surface area contributed by atoms with E-state index in [9.17, 15) is 9.18 Å². The molecule has 0 saturated heterocycles. The predicted octanol–water partition coefficient (Wildman–Crippen LogP) is 5.83. The lowest BCUT2D eigenvalue weighted by molar-refractivity contribution is -0.111. The highest BCUT2D eigenvalue weighted by Crippen LogP contribution is 2.37. The Labute approximate surface area is 177 Å². The fourth-order valence-electron chi connectivity index (χ4n) is 2.59. The van der Waals surface area contributed by atoms with E-state index in [2.05, 4.69) is 21.2 Å². The molecule has 0 atom stereocenters. The van der Waals surface area contributed by atoms with Crippen molar-refractivity contribution in [2.24, 2.45) is 0 Å². The second kappa shape index (κ2) is 9.89. The van der Waals surface area contributed by atoms with Crippen LogP contribution in [0, 0.1) is 5.82 Å². The van der Waals surface area contributed by atoms with Crippen molar-refractivity contribution in [3.05, 3.63) is 94.2 Å². The van der Waals surface area contributed by atoms with Gasteiger partial charge in [-0.05, 0) is 69.5 Å². The van der Waals surface area contributed by atoms with Gasteiger partial charge in [0.15, 0.2) is 11.5 Å². The Morgan fingerprint density at radius 1 is 1.10 bits per heavy atom. The van der Waals surface area contributed by atoms with Crippen LogP contribution in [0.4, 0.5) is 10.1 Å². The molecule has 0 saturated carbocycles. The SMILES string of the molecule is COc1cc(/C=C/C(=O)Nc2ccc(F)cc2)cc(Br)c1OCc1ccccc1. The molecule has 3 aromatic rings. The van der Waals surface area contributed by atoms with Crippen LogP contribution in [0.1, 0.15) is 11.1 Å². The summed E-state index contributed by atoms with van der Waals surface area (Å²) < 4.78 is 25.0. The number of nitrogens with one attached hydrogen (secondary N) is 1. The van der Waals surface area contributed by atoms with Gasteiger partial charge in [-0.2, -0.15) is 0 Å². The van der Waals surface area contributed by atoms with E-state index in [1.807, 2.05) is 36.4 Å². The molecule has 0 aromatic heterocycles. The van der Waals surface area contributed by atoms with E-state index in [-0.39, 0.29) is 11.7 Å². The van der Waals surface area contributed by atoms with E-state index in [4.69, 9.17) is 9.47 Å². The largest absolute Gasteiger partial charge is 0.493 e. The molecule has 1 N–H and O–H groups in total. The average molecular weight is 456 g/mol. The molecule has 0 aliphatic heterocycles. The third-order valence-electron chi connectivity index (χ3n) is 4.02. The number of carbonyl (C=O) groups excluding carboxylic acids is 1. The normalized spacial score (nSPS) is 10.7. The molecule has 3 rings (SSSR count). The fraction of sp³-hybridized carbons (Fsp3) is 0.0870. The van der Waals surface area contributed by atoms with Crippen molar-refractivity contribution in [3.63, 3.8) is 0 Å². The number of ether oxygens (including phenoxy) is 2. The van der Waals surface area contributed by atoms with Crippen molar-refractivity contribution in [2.75, 3.05) is 12.4 Å². The van der Waals surface area contributed by atoms with Crippen molar-refractivity contribution < 1.29 is 18.7 Å². The first-order valence-electron chi connectivity index (χ1n) is 8.84. The molecule has 3 aromatic carbocycles. The van der Waals surface area contributed by atoms with Gasteiger partial charge in [-0.1, -0.05) is 30.3 Å². The highest BCUT2D eigenvalue weighted by Gasteiger charge is 2.11. The van der Waals surface area contributed by atoms with Crippen molar-refractivity contribution in [3.8, 4) is 11.5 Å². The maximum absolute atomic E-state index is 12.9. The Morgan fingerprint density at radius 3 is 2.52 bits per heavy atom. The molecule has 148 valence electrons. The van der Waals surface area contributed by atoms with Gasteiger partial charge in [-0.3, -0.25) is 4.79 Å². The number of halogens is 2. The lowest BCUT2D eigenvalue weighted by Crippen LogP contribution is -2.07. The number of hydrogen-bond donors (Lipinski definition) is 1. The zero-order chi connectivity index (χ0) is 20.6. The molecule has 4 nitrogen and oxygen atoms in total. The van der Waals surface area contributed by atoms with Crippen LogP contribution in [0.15, 0.2) is 77.3 Å². The van der Waals surface area contributed by atoms with E-state index in [1.54, 1.807) is 19.3 Å². The van der Waals surface area contributed by atoms with Crippen LogP contribution in [-0.2, 0) is 11.4 Å². The van der Waals surface area contributed by atoms with Crippen LogP contribution < -0.4 is 14.8 Å². The van der Waals surface area contributed by atoms with Crippen LogP contribution in [0.3, 0.4) is 0 Å². The molecular formula is C23H19BrFNO3. The molecule has 0 spiro atoms. The minimum absolute atomic E-state index is 0.323. The van der Waals surface area contributed by atoms with Crippen LogP contribution >= 0.6 is 15.9 Å². The number of hydrogen-bond acceptors (Lipinski definition) is 3. The zero-order valence-corrected chi connectivity index (χ0v) is 17.3. The highest BCUT2D eigenvalue weighted by molar-refractivity contribution is 9.10. The molecule has 6 heteroatoms. The minimum Gasteiger partial charge on any atom is -0.493 e. The smallest absolute Gasteiger partial charge is 0.248 e. The molecule has 0 aliphatic carbocycles. The second-order valence-electron chi connectivity index (χ2n) is 6.14. The average Bonchev–Trinajstić information content (AvgIpc) is 2.73. The summed E-state index contributed by atoms with van der Waals surface area (Å²) in [6.45, 7) is 0.408. The van der Waals surface area contributed by atoms with Crippen LogP contribution in [0.25, 0.3) is 6.08 Å². The van der Waals surface area contributed by atoms with Gasteiger partial charge in [0.2, 0.25) is 5.91 Å². The zero-order valence-electron chi connectivity index (χ0n) is 15.7. The van der Waals surface area contributed by atoms with Crippen molar-refractivity contribution in [1.29, 1.82) is 0 Å². The fourth-order valence-corrected chi connectivity index (χ4v) is 3.17. The summed E-state index contributed by atoms with van der Waals surface area (Å²) in [5, 5.41) is 2.67. The Bertz CT molecular complexity index is 1000. The lowest BCUT2D eigenvalue weighted by atomic mass is 10.2. The number of benzene rings is 3. The summed E-state index contributed by atoms with van der Waals surface area (Å²) in [7, 11) is 1.56. The summed E-state index contributed by atoms with van der Waals surface area (Å²) >= 11 is 3.50. The van der Waals surface area contributed by atoms with Gasteiger partial charge in [0.1, 0.15) is 12.4 Å². The summed E-state index contributed by atoms with van der Waals surface area (Å²) in [5.41, 5.74) is 2.32. The van der Waals surface area contributed by atoms with Crippen molar-refractivity contribution >= 4 is 33.6 Å². The summed E-state index contributed by atoms with van der Waals surface area (Å²) in [5.74, 6) is 0.458. The first kappa shape index (κ1) is 20.6.